The standard InChI is InChI=1S/C17H13FN2O2S/c18-12-7-5-11(6-8-12)15(14-4-2-10-23-14)20-17(22)13-3-1-9-19-16(13)21/h1-10,15H,(H,19,21)(H,20,22)/t15-/m1/s1. The molecule has 0 aliphatic heterocycles. The number of thiophene rings is 1. The molecule has 0 radical (unpaired) electrons. The van der Waals surface area contributed by atoms with E-state index in [4.69, 9.17) is 0 Å². The number of carbonyl (C=O) groups excluding carboxylic acids is 1. The number of amides is 1. The van der Waals surface area contributed by atoms with Crippen LogP contribution < -0.4 is 10.9 Å². The fourth-order valence-electron chi connectivity index (χ4n) is 2.24. The third-order valence-corrected chi connectivity index (χ3v) is 4.31. The van der Waals surface area contributed by atoms with E-state index in [1.807, 2.05) is 17.5 Å². The molecular formula is C17H13FN2O2S. The van der Waals surface area contributed by atoms with Gasteiger partial charge in [0.1, 0.15) is 11.4 Å². The van der Waals surface area contributed by atoms with Crippen molar-refractivity contribution >= 4 is 17.2 Å². The van der Waals surface area contributed by atoms with Crippen molar-refractivity contribution in [3.8, 4) is 0 Å². The van der Waals surface area contributed by atoms with Crippen LogP contribution in [0.15, 0.2) is 64.9 Å². The largest absolute Gasteiger partial charge is 0.340 e. The topological polar surface area (TPSA) is 62.0 Å². The summed E-state index contributed by atoms with van der Waals surface area (Å²) in [5, 5.41) is 4.74. The lowest BCUT2D eigenvalue weighted by molar-refractivity contribution is 0.0942. The summed E-state index contributed by atoms with van der Waals surface area (Å²) in [6.07, 6.45) is 1.47. The number of aromatic nitrogens is 1. The molecule has 0 saturated heterocycles. The molecule has 6 heteroatoms. The minimum Gasteiger partial charge on any atom is -0.340 e. The molecule has 116 valence electrons. The fraction of sp³-hybridized carbons (Fsp3) is 0.0588. The fourth-order valence-corrected chi connectivity index (χ4v) is 3.04. The molecule has 2 aromatic heterocycles. The van der Waals surface area contributed by atoms with Crippen LogP contribution in [0.2, 0.25) is 0 Å². The highest BCUT2D eigenvalue weighted by Crippen LogP contribution is 2.26. The van der Waals surface area contributed by atoms with Crippen molar-refractivity contribution in [3.63, 3.8) is 0 Å². The van der Waals surface area contributed by atoms with Crippen molar-refractivity contribution in [1.82, 2.24) is 10.3 Å². The van der Waals surface area contributed by atoms with Gasteiger partial charge >= 0.3 is 0 Å². The Hall–Kier alpha value is -2.73. The maximum absolute atomic E-state index is 13.1. The van der Waals surface area contributed by atoms with E-state index in [1.165, 1.54) is 35.7 Å². The van der Waals surface area contributed by atoms with Crippen LogP contribution in [0.3, 0.4) is 0 Å². The Morgan fingerprint density at radius 3 is 2.57 bits per heavy atom. The molecule has 1 aromatic carbocycles. The lowest BCUT2D eigenvalue weighted by Crippen LogP contribution is -2.32. The molecule has 23 heavy (non-hydrogen) atoms. The second-order valence-corrected chi connectivity index (χ2v) is 5.87. The zero-order valence-electron chi connectivity index (χ0n) is 12.0. The zero-order chi connectivity index (χ0) is 16.2. The Morgan fingerprint density at radius 2 is 1.91 bits per heavy atom. The third-order valence-electron chi connectivity index (χ3n) is 3.37. The normalized spacial score (nSPS) is 11.9. The summed E-state index contributed by atoms with van der Waals surface area (Å²) in [4.78, 5) is 27.5. The molecular weight excluding hydrogens is 315 g/mol. The van der Waals surface area contributed by atoms with E-state index in [0.29, 0.717) is 0 Å². The minimum atomic E-state index is -0.477. The minimum absolute atomic E-state index is 0.0381. The zero-order valence-corrected chi connectivity index (χ0v) is 12.8. The summed E-state index contributed by atoms with van der Waals surface area (Å²) in [5.74, 6) is -0.820. The van der Waals surface area contributed by atoms with Crippen molar-refractivity contribution in [2.45, 2.75) is 6.04 Å². The van der Waals surface area contributed by atoms with Gasteiger partial charge in [0, 0.05) is 11.1 Å². The number of nitrogens with one attached hydrogen (secondary N) is 2. The van der Waals surface area contributed by atoms with Crippen LogP contribution >= 0.6 is 11.3 Å². The summed E-state index contributed by atoms with van der Waals surface area (Å²) in [7, 11) is 0. The Morgan fingerprint density at radius 1 is 1.13 bits per heavy atom. The summed E-state index contributed by atoms with van der Waals surface area (Å²) < 4.78 is 13.1. The van der Waals surface area contributed by atoms with Gasteiger partial charge in [-0.05, 0) is 41.3 Å². The Balaban J connectivity index is 1.94. The van der Waals surface area contributed by atoms with Gasteiger partial charge in [-0.2, -0.15) is 0 Å². The van der Waals surface area contributed by atoms with Gasteiger partial charge < -0.3 is 10.3 Å². The van der Waals surface area contributed by atoms with Crippen LogP contribution in [-0.2, 0) is 0 Å². The number of aromatic amines is 1. The molecule has 1 amide bonds. The molecule has 0 fully saturated rings. The van der Waals surface area contributed by atoms with Crippen molar-refractivity contribution in [1.29, 1.82) is 0 Å². The molecule has 3 aromatic rings. The van der Waals surface area contributed by atoms with Gasteiger partial charge in [-0.3, -0.25) is 9.59 Å². The molecule has 0 aliphatic carbocycles. The van der Waals surface area contributed by atoms with Crippen molar-refractivity contribution in [2.24, 2.45) is 0 Å². The maximum Gasteiger partial charge on any atom is 0.260 e. The predicted molar refractivity (Wildman–Crippen MR) is 87.1 cm³/mol. The molecule has 3 rings (SSSR count). The number of pyridine rings is 1. The lowest BCUT2D eigenvalue weighted by atomic mass is 10.0. The van der Waals surface area contributed by atoms with E-state index < -0.39 is 17.5 Å². The average Bonchev–Trinajstić information content (AvgIpc) is 3.08. The smallest absolute Gasteiger partial charge is 0.260 e. The van der Waals surface area contributed by atoms with E-state index in [9.17, 15) is 14.0 Å². The summed E-state index contributed by atoms with van der Waals surface area (Å²) in [5.41, 5.74) is 0.333. The number of benzene rings is 1. The van der Waals surface area contributed by atoms with Gasteiger partial charge in [-0.1, -0.05) is 18.2 Å². The first kappa shape index (κ1) is 15.2. The highest BCUT2D eigenvalue weighted by atomic mass is 32.1. The number of hydrogen-bond donors (Lipinski definition) is 2. The van der Waals surface area contributed by atoms with E-state index in [2.05, 4.69) is 10.3 Å². The van der Waals surface area contributed by atoms with Crippen LogP contribution in [0.4, 0.5) is 4.39 Å². The Bertz CT molecular complexity index is 857. The van der Waals surface area contributed by atoms with Gasteiger partial charge in [0.15, 0.2) is 0 Å². The predicted octanol–water partition coefficient (Wildman–Crippen LogP) is 3.09. The first-order valence-corrected chi connectivity index (χ1v) is 7.80. The monoisotopic (exact) mass is 328 g/mol. The second-order valence-electron chi connectivity index (χ2n) is 4.89. The van der Waals surface area contributed by atoms with Crippen molar-refractivity contribution < 1.29 is 9.18 Å². The van der Waals surface area contributed by atoms with Crippen LogP contribution in [0, 0.1) is 5.82 Å². The van der Waals surface area contributed by atoms with Crippen LogP contribution in [0.5, 0.6) is 0 Å². The molecule has 0 spiro atoms. The summed E-state index contributed by atoms with van der Waals surface area (Å²) in [6, 6.07) is 12.3. The van der Waals surface area contributed by atoms with Gasteiger partial charge in [-0.25, -0.2) is 4.39 Å². The Kier molecular flexibility index (Phi) is 4.34. The molecule has 4 nitrogen and oxygen atoms in total. The van der Waals surface area contributed by atoms with E-state index in [1.54, 1.807) is 18.2 Å². The van der Waals surface area contributed by atoms with Gasteiger partial charge in [0.05, 0.1) is 6.04 Å². The van der Waals surface area contributed by atoms with E-state index >= 15 is 0 Å². The maximum atomic E-state index is 13.1. The van der Waals surface area contributed by atoms with Crippen molar-refractivity contribution in [2.75, 3.05) is 0 Å². The highest BCUT2D eigenvalue weighted by molar-refractivity contribution is 7.10. The van der Waals surface area contributed by atoms with Gasteiger partial charge in [0.25, 0.3) is 11.5 Å². The quantitative estimate of drug-likeness (QED) is 0.773. The summed E-state index contributed by atoms with van der Waals surface area (Å²) >= 11 is 1.48. The molecule has 0 unspecified atom stereocenters. The number of hydrogen-bond acceptors (Lipinski definition) is 3. The number of carbonyl (C=O) groups is 1. The van der Waals surface area contributed by atoms with Crippen molar-refractivity contribution in [3.05, 3.63) is 92.3 Å². The number of H-pyrrole nitrogens is 1. The molecule has 0 bridgehead atoms. The average molecular weight is 328 g/mol. The first-order chi connectivity index (χ1) is 11.1. The molecule has 2 N–H and O–H groups in total. The number of halogens is 1. The van der Waals surface area contributed by atoms with E-state index in [-0.39, 0.29) is 11.4 Å². The highest BCUT2D eigenvalue weighted by Gasteiger charge is 2.20. The summed E-state index contributed by atoms with van der Waals surface area (Å²) in [6.45, 7) is 0. The van der Waals surface area contributed by atoms with Crippen LogP contribution in [0.1, 0.15) is 26.8 Å². The third kappa shape index (κ3) is 3.37. The Labute approximate surface area is 135 Å². The molecule has 1 atom stereocenters. The molecule has 2 heterocycles. The van der Waals surface area contributed by atoms with Gasteiger partial charge in [0.2, 0.25) is 0 Å². The number of rotatable bonds is 4. The van der Waals surface area contributed by atoms with Crippen LogP contribution in [-0.4, -0.2) is 10.9 Å². The second kappa shape index (κ2) is 6.58. The SMILES string of the molecule is O=C(N[C@H](c1ccc(F)cc1)c1cccs1)c1ccc[nH]c1=O. The van der Waals surface area contributed by atoms with E-state index in [0.717, 1.165) is 10.4 Å². The van der Waals surface area contributed by atoms with Gasteiger partial charge in [-0.15, -0.1) is 11.3 Å². The molecule has 0 saturated carbocycles. The molecule has 0 aliphatic rings. The first-order valence-electron chi connectivity index (χ1n) is 6.92. The lowest BCUT2D eigenvalue weighted by Gasteiger charge is -2.18. The van der Waals surface area contributed by atoms with Crippen LogP contribution in [0.25, 0.3) is 0 Å².